The molecule has 19 heavy (non-hydrogen) atoms. The van der Waals surface area contributed by atoms with Gasteiger partial charge in [0.25, 0.3) is 0 Å². The molecule has 0 aromatic heterocycles. The second-order valence-electron chi connectivity index (χ2n) is 6.33. The molecular formula is C15H25NO3. The lowest BCUT2D eigenvalue weighted by Crippen LogP contribution is -2.46. The number of rotatable bonds is 4. The molecule has 4 nitrogen and oxygen atoms in total. The van der Waals surface area contributed by atoms with Crippen LogP contribution in [0, 0.1) is 11.8 Å². The fourth-order valence-corrected chi connectivity index (χ4v) is 3.23. The maximum atomic E-state index is 12.3. The summed E-state index contributed by atoms with van der Waals surface area (Å²) in [6, 6.07) is 0. The molecule has 2 aliphatic rings. The molecule has 1 spiro atoms. The minimum absolute atomic E-state index is 0.00778. The van der Waals surface area contributed by atoms with Crippen LogP contribution in [0.1, 0.15) is 58.8 Å². The third-order valence-electron chi connectivity index (χ3n) is 4.36. The SMILES string of the molecule is CC(C)CCNC(=O)C1CC(=O)OC12CCCCC2. The van der Waals surface area contributed by atoms with Gasteiger partial charge in [-0.2, -0.15) is 0 Å². The Bertz CT molecular complexity index is 345. The highest BCUT2D eigenvalue weighted by Crippen LogP contribution is 2.44. The fraction of sp³-hybridized carbons (Fsp3) is 0.867. The van der Waals surface area contributed by atoms with E-state index < -0.39 is 5.60 Å². The number of esters is 1. The Hall–Kier alpha value is -1.06. The first kappa shape index (κ1) is 14.4. The summed E-state index contributed by atoms with van der Waals surface area (Å²) in [5, 5.41) is 2.98. The van der Waals surface area contributed by atoms with Crippen molar-refractivity contribution in [3.63, 3.8) is 0 Å². The molecule has 1 saturated heterocycles. The Labute approximate surface area is 115 Å². The van der Waals surface area contributed by atoms with E-state index in [2.05, 4.69) is 19.2 Å². The highest BCUT2D eigenvalue weighted by atomic mass is 16.6. The lowest BCUT2D eigenvalue weighted by Gasteiger charge is -2.36. The van der Waals surface area contributed by atoms with Gasteiger partial charge in [-0.3, -0.25) is 9.59 Å². The smallest absolute Gasteiger partial charge is 0.307 e. The molecule has 1 aliphatic carbocycles. The van der Waals surface area contributed by atoms with Gasteiger partial charge >= 0.3 is 5.97 Å². The highest BCUT2D eigenvalue weighted by molar-refractivity contribution is 5.87. The van der Waals surface area contributed by atoms with Crippen molar-refractivity contribution < 1.29 is 14.3 Å². The molecular weight excluding hydrogens is 242 g/mol. The van der Waals surface area contributed by atoms with E-state index in [4.69, 9.17) is 4.74 Å². The van der Waals surface area contributed by atoms with Crippen molar-refractivity contribution in [2.24, 2.45) is 11.8 Å². The first-order chi connectivity index (χ1) is 9.03. The Morgan fingerprint density at radius 3 is 2.68 bits per heavy atom. The molecule has 1 aliphatic heterocycles. The maximum absolute atomic E-state index is 12.3. The lowest BCUT2D eigenvalue weighted by molar-refractivity contribution is -0.153. The summed E-state index contributed by atoms with van der Waals surface area (Å²) < 4.78 is 5.55. The van der Waals surface area contributed by atoms with Gasteiger partial charge in [0, 0.05) is 6.54 Å². The largest absolute Gasteiger partial charge is 0.458 e. The average molecular weight is 267 g/mol. The lowest BCUT2D eigenvalue weighted by atomic mass is 9.75. The van der Waals surface area contributed by atoms with E-state index in [9.17, 15) is 9.59 Å². The minimum Gasteiger partial charge on any atom is -0.458 e. The molecule has 1 amide bonds. The minimum atomic E-state index is -0.489. The zero-order chi connectivity index (χ0) is 13.9. The van der Waals surface area contributed by atoms with Crippen LogP contribution in [0.25, 0.3) is 0 Å². The van der Waals surface area contributed by atoms with Crippen molar-refractivity contribution in [3.8, 4) is 0 Å². The van der Waals surface area contributed by atoms with E-state index in [-0.39, 0.29) is 24.2 Å². The van der Waals surface area contributed by atoms with Crippen LogP contribution in [-0.4, -0.2) is 24.0 Å². The molecule has 0 radical (unpaired) electrons. The first-order valence-corrected chi connectivity index (χ1v) is 7.53. The van der Waals surface area contributed by atoms with Crippen LogP contribution in [0.3, 0.4) is 0 Å². The number of amides is 1. The van der Waals surface area contributed by atoms with Crippen molar-refractivity contribution >= 4 is 11.9 Å². The topological polar surface area (TPSA) is 55.4 Å². The maximum Gasteiger partial charge on any atom is 0.307 e. The van der Waals surface area contributed by atoms with Gasteiger partial charge in [-0.15, -0.1) is 0 Å². The van der Waals surface area contributed by atoms with E-state index >= 15 is 0 Å². The molecule has 108 valence electrons. The molecule has 1 unspecified atom stereocenters. The summed E-state index contributed by atoms with van der Waals surface area (Å²) in [6.07, 6.45) is 6.23. The molecule has 0 aromatic rings. The van der Waals surface area contributed by atoms with Crippen molar-refractivity contribution in [2.45, 2.75) is 64.4 Å². The first-order valence-electron chi connectivity index (χ1n) is 7.53. The monoisotopic (exact) mass is 267 g/mol. The van der Waals surface area contributed by atoms with E-state index in [1.165, 1.54) is 6.42 Å². The van der Waals surface area contributed by atoms with Gasteiger partial charge in [0.2, 0.25) is 5.91 Å². The summed E-state index contributed by atoms with van der Waals surface area (Å²) in [5.41, 5.74) is -0.489. The fourth-order valence-electron chi connectivity index (χ4n) is 3.23. The van der Waals surface area contributed by atoms with Gasteiger partial charge in [-0.1, -0.05) is 20.3 Å². The molecule has 1 saturated carbocycles. The van der Waals surface area contributed by atoms with Crippen LogP contribution in [0.5, 0.6) is 0 Å². The molecule has 1 heterocycles. The van der Waals surface area contributed by atoms with E-state index in [1.54, 1.807) is 0 Å². The quantitative estimate of drug-likeness (QED) is 0.796. The van der Waals surface area contributed by atoms with Crippen LogP contribution in [0.2, 0.25) is 0 Å². The third kappa shape index (κ3) is 3.28. The van der Waals surface area contributed by atoms with Gasteiger partial charge in [0.05, 0.1) is 12.3 Å². The predicted octanol–water partition coefficient (Wildman–Crippen LogP) is 2.41. The second-order valence-corrected chi connectivity index (χ2v) is 6.33. The molecule has 0 bridgehead atoms. The van der Waals surface area contributed by atoms with Crippen molar-refractivity contribution in [1.82, 2.24) is 5.32 Å². The van der Waals surface area contributed by atoms with E-state index in [0.717, 1.165) is 32.1 Å². The zero-order valence-electron chi connectivity index (χ0n) is 12.0. The van der Waals surface area contributed by atoms with Crippen LogP contribution >= 0.6 is 0 Å². The van der Waals surface area contributed by atoms with Crippen LogP contribution in [-0.2, 0) is 14.3 Å². The number of hydrogen-bond acceptors (Lipinski definition) is 3. The molecule has 2 rings (SSSR count). The number of hydrogen-bond donors (Lipinski definition) is 1. The number of carbonyl (C=O) groups excluding carboxylic acids is 2. The van der Waals surface area contributed by atoms with E-state index in [0.29, 0.717) is 12.5 Å². The summed E-state index contributed by atoms with van der Waals surface area (Å²) >= 11 is 0. The van der Waals surface area contributed by atoms with Gasteiger partial charge in [0.15, 0.2) is 0 Å². The molecule has 0 aromatic carbocycles. The second kappa shape index (κ2) is 5.93. The standard InChI is InChI=1S/C15H25NO3/c1-11(2)6-9-16-14(18)12-10-13(17)19-15(12)7-4-3-5-8-15/h11-12H,3-10H2,1-2H3,(H,16,18). The van der Waals surface area contributed by atoms with Gasteiger partial charge < -0.3 is 10.1 Å². The van der Waals surface area contributed by atoms with Crippen molar-refractivity contribution in [2.75, 3.05) is 6.54 Å². The Morgan fingerprint density at radius 2 is 2.05 bits per heavy atom. The molecule has 1 N–H and O–H groups in total. The van der Waals surface area contributed by atoms with Crippen LogP contribution < -0.4 is 5.32 Å². The Balaban J connectivity index is 1.96. The molecule has 2 fully saturated rings. The summed E-state index contributed by atoms with van der Waals surface area (Å²) in [7, 11) is 0. The normalized spacial score (nSPS) is 25.6. The van der Waals surface area contributed by atoms with Gasteiger partial charge in [0.1, 0.15) is 5.60 Å². The van der Waals surface area contributed by atoms with Gasteiger partial charge in [-0.05, 0) is 38.0 Å². The summed E-state index contributed by atoms with van der Waals surface area (Å²) in [6.45, 7) is 4.96. The summed E-state index contributed by atoms with van der Waals surface area (Å²) in [5.74, 6) is 0.108. The molecule has 1 atom stereocenters. The Kier molecular flexibility index (Phi) is 4.48. The zero-order valence-corrected chi connectivity index (χ0v) is 12.0. The highest BCUT2D eigenvalue weighted by Gasteiger charge is 2.52. The predicted molar refractivity (Wildman–Crippen MR) is 72.5 cm³/mol. The van der Waals surface area contributed by atoms with Crippen LogP contribution in [0.4, 0.5) is 0 Å². The average Bonchev–Trinajstić information content (AvgIpc) is 2.66. The van der Waals surface area contributed by atoms with Gasteiger partial charge in [-0.25, -0.2) is 0 Å². The Morgan fingerprint density at radius 1 is 1.37 bits per heavy atom. The van der Waals surface area contributed by atoms with Crippen LogP contribution in [0.15, 0.2) is 0 Å². The van der Waals surface area contributed by atoms with Crippen molar-refractivity contribution in [1.29, 1.82) is 0 Å². The number of ether oxygens (including phenoxy) is 1. The summed E-state index contributed by atoms with van der Waals surface area (Å²) in [4.78, 5) is 23.9. The van der Waals surface area contributed by atoms with Crippen molar-refractivity contribution in [3.05, 3.63) is 0 Å². The third-order valence-corrected chi connectivity index (χ3v) is 4.36. The van der Waals surface area contributed by atoms with E-state index in [1.807, 2.05) is 0 Å². The number of nitrogens with one attached hydrogen (secondary N) is 1. The molecule has 4 heteroatoms. The number of carbonyl (C=O) groups is 2.